The summed E-state index contributed by atoms with van der Waals surface area (Å²) >= 11 is 15.1. The average Bonchev–Trinajstić information content (AvgIpc) is 3.00. The van der Waals surface area contributed by atoms with Gasteiger partial charge in [0.15, 0.2) is 0 Å². The van der Waals surface area contributed by atoms with E-state index in [0.29, 0.717) is 10.2 Å². The molecule has 1 fully saturated rings. The van der Waals surface area contributed by atoms with Crippen LogP contribution in [-0.2, 0) is 5.41 Å². The normalized spacial score (nSPS) is 20.2. The number of hydrogen-bond donors (Lipinski definition) is 2. The van der Waals surface area contributed by atoms with Crippen LogP contribution in [0.5, 0.6) is 0 Å². The molecule has 0 aromatic heterocycles. The van der Waals surface area contributed by atoms with Gasteiger partial charge in [-0.25, -0.2) is 0 Å². The summed E-state index contributed by atoms with van der Waals surface area (Å²) in [6.07, 6.45) is -4.65. The molecule has 0 amide bonds. The molecule has 1 aliphatic heterocycles. The van der Waals surface area contributed by atoms with Gasteiger partial charge >= 0.3 is 6.18 Å². The van der Waals surface area contributed by atoms with E-state index in [-0.39, 0.29) is 46.0 Å². The zero-order valence-corrected chi connectivity index (χ0v) is 16.7. The molecule has 0 saturated carbocycles. The molecule has 27 heavy (non-hydrogen) atoms. The molecule has 1 atom stereocenters. The quantitative estimate of drug-likeness (QED) is 0.519. The molecule has 146 valence electrons. The highest BCUT2D eigenvalue weighted by molar-refractivity contribution is 9.10. The number of anilines is 2. The van der Waals surface area contributed by atoms with E-state index >= 15 is 0 Å². The Hall–Kier alpha value is -1.19. The van der Waals surface area contributed by atoms with Crippen LogP contribution in [0.3, 0.4) is 0 Å². The molecule has 0 spiro atoms. The largest absolute Gasteiger partial charge is 0.400 e. The number of halogens is 6. The van der Waals surface area contributed by atoms with Crippen molar-refractivity contribution in [3.05, 3.63) is 56.5 Å². The molecule has 1 saturated heterocycles. The molecule has 2 aromatic carbocycles. The van der Waals surface area contributed by atoms with Gasteiger partial charge in [0, 0.05) is 33.3 Å². The summed E-state index contributed by atoms with van der Waals surface area (Å²) in [7, 11) is 0. The van der Waals surface area contributed by atoms with Crippen molar-refractivity contribution in [2.45, 2.75) is 18.0 Å². The average molecular weight is 486 g/mol. The molecule has 0 aliphatic carbocycles. The van der Waals surface area contributed by atoms with Crippen LogP contribution in [0.4, 0.5) is 24.5 Å². The summed E-state index contributed by atoms with van der Waals surface area (Å²) in [5, 5.41) is 18.5. The van der Waals surface area contributed by atoms with E-state index in [0.717, 1.165) is 0 Å². The van der Waals surface area contributed by atoms with E-state index < -0.39 is 11.6 Å². The Kier molecular flexibility index (Phi) is 5.58. The molecule has 1 heterocycles. The number of alkyl halides is 3. The zero-order chi connectivity index (χ0) is 20.0. The Morgan fingerprint density at radius 2 is 1.70 bits per heavy atom. The molecule has 4 nitrogen and oxygen atoms in total. The molecular weight excluding hydrogens is 472 g/mol. The molecule has 0 bridgehead atoms. The standard InChI is InChI=1S/C17H14BrCl2F3N2O2/c18-14-8-13(1-2-15(14)25(26)27)24-4-3-16(9-24,17(21,22)23)10-5-11(19)7-12(20)6-10/h1-2,5-8,26-27H,3-4,9H2. The predicted octanol–water partition coefficient (Wildman–Crippen LogP) is 6.05. The minimum absolute atomic E-state index is 0.0302. The van der Waals surface area contributed by atoms with Crippen LogP contribution in [0.1, 0.15) is 12.0 Å². The van der Waals surface area contributed by atoms with Crippen LogP contribution >= 0.6 is 39.1 Å². The molecule has 2 N–H and O–H groups in total. The highest BCUT2D eigenvalue weighted by Crippen LogP contribution is 2.49. The monoisotopic (exact) mass is 484 g/mol. The summed E-state index contributed by atoms with van der Waals surface area (Å²) in [4.78, 5) is 1.59. The molecule has 0 radical (unpaired) electrons. The lowest BCUT2D eigenvalue weighted by molar-refractivity contribution is -0.184. The van der Waals surface area contributed by atoms with Gasteiger partial charge in [0.05, 0.1) is 0 Å². The Labute approximate surface area is 171 Å². The molecule has 1 unspecified atom stereocenters. The topological polar surface area (TPSA) is 46.9 Å². The second-order valence-corrected chi connectivity index (χ2v) is 8.06. The van der Waals surface area contributed by atoms with Crippen LogP contribution in [-0.4, -0.2) is 29.7 Å². The molecule has 1 aliphatic rings. The predicted molar refractivity (Wildman–Crippen MR) is 101 cm³/mol. The third-order valence-corrected chi connectivity index (χ3v) is 5.81. The first kappa shape index (κ1) is 20.5. The molecule has 10 heteroatoms. The maximum absolute atomic E-state index is 14.1. The third-order valence-electron chi connectivity index (χ3n) is 4.74. The van der Waals surface area contributed by atoms with Crippen molar-refractivity contribution in [1.29, 1.82) is 0 Å². The van der Waals surface area contributed by atoms with E-state index in [2.05, 4.69) is 15.9 Å². The minimum atomic E-state index is -4.50. The van der Waals surface area contributed by atoms with Crippen molar-refractivity contribution in [3.63, 3.8) is 0 Å². The lowest BCUT2D eigenvalue weighted by atomic mass is 9.79. The lowest BCUT2D eigenvalue weighted by Gasteiger charge is -2.33. The minimum Gasteiger partial charge on any atom is -0.370 e. The van der Waals surface area contributed by atoms with Crippen LogP contribution in [0.25, 0.3) is 0 Å². The van der Waals surface area contributed by atoms with Crippen molar-refractivity contribution in [2.75, 3.05) is 23.2 Å². The molecule has 3 rings (SSSR count). The fraction of sp³-hybridized carbons (Fsp3) is 0.294. The van der Waals surface area contributed by atoms with E-state index in [1.165, 1.54) is 36.4 Å². The summed E-state index contributed by atoms with van der Waals surface area (Å²) in [6, 6.07) is 8.46. The van der Waals surface area contributed by atoms with Crippen molar-refractivity contribution >= 4 is 50.5 Å². The van der Waals surface area contributed by atoms with Crippen molar-refractivity contribution in [1.82, 2.24) is 0 Å². The summed E-state index contributed by atoms with van der Waals surface area (Å²) < 4.78 is 42.7. The Morgan fingerprint density at radius 1 is 1.07 bits per heavy atom. The van der Waals surface area contributed by atoms with E-state index in [9.17, 15) is 13.2 Å². The number of rotatable bonds is 3. The Balaban J connectivity index is 1.99. The first-order valence-corrected chi connectivity index (χ1v) is 9.34. The van der Waals surface area contributed by atoms with E-state index in [4.69, 9.17) is 33.6 Å². The molecule has 2 aromatic rings. The van der Waals surface area contributed by atoms with Gasteiger partial charge < -0.3 is 4.90 Å². The summed E-state index contributed by atoms with van der Waals surface area (Å²) in [5.74, 6) is 0. The summed E-state index contributed by atoms with van der Waals surface area (Å²) in [5.41, 5.74) is -1.48. The highest BCUT2D eigenvalue weighted by Gasteiger charge is 2.59. The van der Waals surface area contributed by atoms with Gasteiger partial charge in [0.2, 0.25) is 0 Å². The first-order chi connectivity index (χ1) is 12.5. The van der Waals surface area contributed by atoms with Gasteiger partial charge in [-0.3, -0.25) is 10.4 Å². The van der Waals surface area contributed by atoms with E-state index in [1.54, 1.807) is 4.90 Å². The Bertz CT molecular complexity index is 846. The SMILES string of the molecule is ON(O)c1ccc(N2CCC(c3cc(Cl)cc(Cl)c3)(C(F)(F)F)C2)cc1Br. The van der Waals surface area contributed by atoms with Crippen molar-refractivity contribution < 1.29 is 23.6 Å². The van der Waals surface area contributed by atoms with Gasteiger partial charge in [-0.2, -0.15) is 13.2 Å². The number of nitrogens with zero attached hydrogens (tertiary/aromatic N) is 2. The lowest BCUT2D eigenvalue weighted by Crippen LogP contribution is -2.44. The Morgan fingerprint density at radius 3 is 2.22 bits per heavy atom. The molecular formula is C17H14BrCl2F3N2O2. The van der Waals surface area contributed by atoms with Crippen LogP contribution in [0.2, 0.25) is 10.0 Å². The second-order valence-electron chi connectivity index (χ2n) is 6.33. The van der Waals surface area contributed by atoms with Crippen molar-refractivity contribution in [3.8, 4) is 0 Å². The second kappa shape index (κ2) is 7.33. The van der Waals surface area contributed by atoms with Gasteiger partial charge in [-0.05, 0) is 64.3 Å². The maximum atomic E-state index is 14.1. The fourth-order valence-corrected chi connectivity index (χ4v) is 4.40. The third kappa shape index (κ3) is 3.86. The highest BCUT2D eigenvalue weighted by atomic mass is 79.9. The number of hydrogen-bond acceptors (Lipinski definition) is 4. The first-order valence-electron chi connectivity index (χ1n) is 7.79. The van der Waals surface area contributed by atoms with Crippen LogP contribution < -0.4 is 10.1 Å². The summed E-state index contributed by atoms with van der Waals surface area (Å²) in [6.45, 7) is -0.141. The van der Waals surface area contributed by atoms with Gasteiger partial charge in [-0.15, -0.1) is 5.23 Å². The smallest absolute Gasteiger partial charge is 0.370 e. The van der Waals surface area contributed by atoms with Gasteiger partial charge in [0.1, 0.15) is 11.1 Å². The van der Waals surface area contributed by atoms with Crippen LogP contribution in [0.15, 0.2) is 40.9 Å². The van der Waals surface area contributed by atoms with Crippen LogP contribution in [0, 0.1) is 0 Å². The van der Waals surface area contributed by atoms with Crippen molar-refractivity contribution in [2.24, 2.45) is 0 Å². The van der Waals surface area contributed by atoms with Gasteiger partial charge in [0.25, 0.3) is 0 Å². The maximum Gasteiger partial charge on any atom is 0.400 e. The number of benzene rings is 2. The van der Waals surface area contributed by atoms with E-state index in [1.807, 2.05) is 0 Å². The fourth-order valence-electron chi connectivity index (χ4n) is 3.35. The van der Waals surface area contributed by atoms with Gasteiger partial charge in [-0.1, -0.05) is 23.2 Å². The zero-order valence-electron chi connectivity index (χ0n) is 13.6.